The minimum Gasteiger partial charge on any atom is -0.481 e. The Kier molecular flexibility index (Phi) is 4.43. The van der Waals surface area contributed by atoms with Gasteiger partial charge in [0.15, 0.2) is 5.13 Å². The molecule has 0 saturated heterocycles. The second-order valence-corrected chi connectivity index (χ2v) is 6.91. The van der Waals surface area contributed by atoms with Gasteiger partial charge in [-0.25, -0.2) is 4.98 Å². The molecule has 0 radical (unpaired) electrons. The number of nitrogens with zero attached hydrogens (tertiary/aromatic N) is 1. The molecule has 0 aliphatic heterocycles. The second-order valence-electron chi connectivity index (χ2n) is 5.70. The lowest BCUT2D eigenvalue weighted by Gasteiger charge is -2.03. The van der Waals surface area contributed by atoms with Crippen molar-refractivity contribution in [2.75, 3.05) is 5.32 Å². The van der Waals surface area contributed by atoms with Crippen molar-refractivity contribution in [2.45, 2.75) is 39.0 Å². The number of thiazole rings is 1. The van der Waals surface area contributed by atoms with Gasteiger partial charge in [0.1, 0.15) is 0 Å². The molecule has 3 rings (SSSR count). The normalized spacial score (nSPS) is 12.9. The molecule has 1 aromatic heterocycles. The fourth-order valence-corrected chi connectivity index (χ4v) is 3.69. The molecule has 0 fully saturated rings. The molecule has 1 aliphatic rings. The molecule has 120 valence electrons. The minimum absolute atomic E-state index is 0.0395. The van der Waals surface area contributed by atoms with Crippen molar-refractivity contribution in [1.29, 1.82) is 0 Å². The van der Waals surface area contributed by atoms with E-state index in [4.69, 9.17) is 5.11 Å². The Balaban J connectivity index is 1.76. The fourth-order valence-electron chi connectivity index (χ4n) is 2.84. The third-order valence-electron chi connectivity index (χ3n) is 3.98. The van der Waals surface area contributed by atoms with Crippen LogP contribution in [0.1, 0.15) is 35.3 Å². The number of anilines is 1. The molecule has 0 saturated carbocycles. The van der Waals surface area contributed by atoms with Crippen LogP contribution in [0.2, 0.25) is 0 Å². The minimum atomic E-state index is -0.978. The highest BCUT2D eigenvalue weighted by Gasteiger charge is 2.16. The number of benzene rings is 1. The Hall–Kier alpha value is -2.21. The van der Waals surface area contributed by atoms with Crippen molar-refractivity contribution in [1.82, 2.24) is 4.98 Å². The largest absolute Gasteiger partial charge is 0.481 e. The van der Waals surface area contributed by atoms with Crippen LogP contribution in [0.3, 0.4) is 0 Å². The Morgan fingerprint density at radius 3 is 2.83 bits per heavy atom. The van der Waals surface area contributed by atoms with Crippen molar-refractivity contribution in [3.05, 3.63) is 34.2 Å². The third kappa shape index (κ3) is 3.59. The van der Waals surface area contributed by atoms with Crippen LogP contribution in [0.15, 0.2) is 18.2 Å². The van der Waals surface area contributed by atoms with Crippen molar-refractivity contribution < 1.29 is 14.7 Å². The zero-order valence-corrected chi connectivity index (χ0v) is 13.7. The molecule has 0 unspecified atom stereocenters. The molecule has 23 heavy (non-hydrogen) atoms. The number of amides is 1. The maximum Gasteiger partial charge on any atom is 0.303 e. The highest BCUT2D eigenvalue weighted by molar-refractivity contribution is 7.16. The fraction of sp³-hybridized carbons (Fsp3) is 0.353. The second kappa shape index (κ2) is 6.50. The first-order valence-corrected chi connectivity index (χ1v) is 8.46. The van der Waals surface area contributed by atoms with Gasteiger partial charge in [0.2, 0.25) is 5.91 Å². The number of nitrogens with one attached hydrogen (secondary N) is 1. The summed E-state index contributed by atoms with van der Waals surface area (Å²) in [6.07, 6.45) is 3.26. The Bertz CT molecular complexity index is 767. The summed E-state index contributed by atoms with van der Waals surface area (Å²) in [5, 5.41) is 11.8. The standard InChI is InChI=1S/C17H18N2O3S/c1-10-16(13-6-5-11-3-2-4-12(11)9-13)19-17(23-10)18-14(20)7-8-15(21)22/h5-6,9H,2-4,7-8H2,1H3,(H,21,22)(H,18,19,20). The molecule has 0 bridgehead atoms. The predicted octanol–water partition coefficient (Wildman–Crippen LogP) is 3.41. The molecule has 1 heterocycles. The number of carbonyl (C=O) groups excluding carboxylic acids is 1. The summed E-state index contributed by atoms with van der Waals surface area (Å²) in [6.45, 7) is 1.98. The van der Waals surface area contributed by atoms with Crippen LogP contribution in [0, 0.1) is 6.92 Å². The van der Waals surface area contributed by atoms with Gasteiger partial charge in [0, 0.05) is 16.9 Å². The van der Waals surface area contributed by atoms with Gasteiger partial charge in [0.05, 0.1) is 12.1 Å². The molecular weight excluding hydrogens is 312 g/mol. The topological polar surface area (TPSA) is 79.3 Å². The van der Waals surface area contributed by atoms with Crippen molar-refractivity contribution in [3.63, 3.8) is 0 Å². The number of carbonyl (C=O) groups is 2. The van der Waals surface area contributed by atoms with Gasteiger partial charge < -0.3 is 10.4 Å². The van der Waals surface area contributed by atoms with E-state index in [9.17, 15) is 9.59 Å². The van der Waals surface area contributed by atoms with Crippen molar-refractivity contribution >= 4 is 28.3 Å². The number of carboxylic acid groups (broad SMARTS) is 1. The van der Waals surface area contributed by atoms with Gasteiger partial charge in [-0.05, 0) is 43.4 Å². The number of rotatable bonds is 5. The summed E-state index contributed by atoms with van der Waals surface area (Å²) in [5.41, 5.74) is 4.77. The van der Waals surface area contributed by atoms with Gasteiger partial charge in [-0.3, -0.25) is 9.59 Å². The van der Waals surface area contributed by atoms with Crippen LogP contribution in [0.5, 0.6) is 0 Å². The van der Waals surface area contributed by atoms with E-state index in [0.717, 1.165) is 29.0 Å². The Morgan fingerprint density at radius 1 is 1.26 bits per heavy atom. The van der Waals surface area contributed by atoms with Crippen LogP contribution in [-0.4, -0.2) is 22.0 Å². The van der Waals surface area contributed by atoms with Gasteiger partial charge in [-0.15, -0.1) is 11.3 Å². The molecule has 5 nitrogen and oxygen atoms in total. The Labute approximate surface area is 138 Å². The smallest absolute Gasteiger partial charge is 0.303 e. The lowest BCUT2D eigenvalue weighted by atomic mass is 10.0. The Morgan fingerprint density at radius 2 is 2.04 bits per heavy atom. The number of aliphatic carboxylic acids is 1. The highest BCUT2D eigenvalue weighted by atomic mass is 32.1. The monoisotopic (exact) mass is 330 g/mol. The summed E-state index contributed by atoms with van der Waals surface area (Å²) < 4.78 is 0. The van der Waals surface area contributed by atoms with E-state index in [1.165, 1.54) is 28.9 Å². The average Bonchev–Trinajstić information content (AvgIpc) is 3.10. The maximum absolute atomic E-state index is 11.7. The van der Waals surface area contributed by atoms with Crippen molar-refractivity contribution in [2.24, 2.45) is 0 Å². The van der Waals surface area contributed by atoms with E-state index in [1.807, 2.05) is 6.92 Å². The van der Waals surface area contributed by atoms with Gasteiger partial charge in [-0.2, -0.15) is 0 Å². The molecule has 0 spiro atoms. The van der Waals surface area contributed by atoms with Gasteiger partial charge >= 0.3 is 5.97 Å². The third-order valence-corrected chi connectivity index (χ3v) is 4.87. The SMILES string of the molecule is Cc1sc(NC(=O)CCC(=O)O)nc1-c1ccc2c(c1)CCC2. The van der Waals surface area contributed by atoms with E-state index in [0.29, 0.717) is 5.13 Å². The van der Waals surface area contributed by atoms with E-state index in [1.54, 1.807) is 0 Å². The first-order chi connectivity index (χ1) is 11.0. The van der Waals surface area contributed by atoms with Crippen LogP contribution in [0.25, 0.3) is 11.3 Å². The van der Waals surface area contributed by atoms with Crippen LogP contribution < -0.4 is 5.32 Å². The lowest BCUT2D eigenvalue weighted by Crippen LogP contribution is -2.12. The lowest BCUT2D eigenvalue weighted by molar-refractivity contribution is -0.138. The van der Waals surface area contributed by atoms with E-state index < -0.39 is 5.97 Å². The molecule has 0 atom stereocenters. The molecule has 2 N–H and O–H groups in total. The number of aromatic nitrogens is 1. The van der Waals surface area contributed by atoms with Gasteiger partial charge in [-0.1, -0.05) is 12.1 Å². The summed E-state index contributed by atoms with van der Waals surface area (Å²) >= 11 is 1.41. The zero-order chi connectivity index (χ0) is 16.4. The summed E-state index contributed by atoms with van der Waals surface area (Å²) in [5.74, 6) is -1.30. The van der Waals surface area contributed by atoms with Crippen LogP contribution in [0.4, 0.5) is 5.13 Å². The molecule has 1 aliphatic carbocycles. The van der Waals surface area contributed by atoms with Gasteiger partial charge in [0.25, 0.3) is 0 Å². The van der Waals surface area contributed by atoms with Crippen molar-refractivity contribution in [3.8, 4) is 11.3 Å². The summed E-state index contributed by atoms with van der Waals surface area (Å²) in [4.78, 5) is 27.8. The van der Waals surface area contributed by atoms with Crippen LogP contribution in [-0.2, 0) is 22.4 Å². The molecule has 1 aromatic carbocycles. The average molecular weight is 330 g/mol. The first kappa shape index (κ1) is 15.7. The quantitative estimate of drug-likeness (QED) is 0.880. The highest BCUT2D eigenvalue weighted by Crippen LogP contribution is 2.33. The predicted molar refractivity (Wildman–Crippen MR) is 89.8 cm³/mol. The van der Waals surface area contributed by atoms with Crippen LogP contribution >= 0.6 is 11.3 Å². The van der Waals surface area contributed by atoms with E-state index in [2.05, 4.69) is 28.5 Å². The molecule has 1 amide bonds. The maximum atomic E-state index is 11.7. The van der Waals surface area contributed by atoms with E-state index in [-0.39, 0.29) is 18.7 Å². The summed E-state index contributed by atoms with van der Waals surface area (Å²) in [7, 11) is 0. The number of carboxylic acids is 1. The molecule has 6 heteroatoms. The number of aryl methyl sites for hydroxylation is 3. The van der Waals surface area contributed by atoms with E-state index >= 15 is 0 Å². The summed E-state index contributed by atoms with van der Waals surface area (Å²) in [6, 6.07) is 6.45. The number of hydrogen-bond acceptors (Lipinski definition) is 4. The molecule has 2 aromatic rings. The number of fused-ring (bicyclic) bond motifs is 1. The first-order valence-electron chi connectivity index (χ1n) is 7.64. The zero-order valence-electron chi connectivity index (χ0n) is 12.9. The molecular formula is C17H18N2O3S. The number of hydrogen-bond donors (Lipinski definition) is 2.